The molecule has 0 radical (unpaired) electrons. The number of aromatic nitrogens is 1. The monoisotopic (exact) mass is 308 g/mol. The Morgan fingerprint density at radius 2 is 1.85 bits per heavy atom. The Morgan fingerprint density at radius 1 is 1.10 bits per heavy atom. The summed E-state index contributed by atoms with van der Waals surface area (Å²) in [6.07, 6.45) is 2.53. The zero-order valence-corrected chi connectivity index (χ0v) is 13.1. The number of nitrogens with zero attached hydrogens (tertiary/aromatic N) is 1. The highest BCUT2D eigenvalue weighted by atomic mass is 35.5. The predicted octanol–water partition coefficient (Wildman–Crippen LogP) is 4.64. The Morgan fingerprint density at radius 3 is 2.50 bits per heavy atom. The van der Waals surface area contributed by atoms with Crippen LogP contribution in [0.15, 0.2) is 36.5 Å². The van der Waals surface area contributed by atoms with Gasteiger partial charge in [-0.25, -0.2) is 0 Å². The average Bonchev–Trinajstić information content (AvgIpc) is 2.42. The molecule has 20 heavy (non-hydrogen) atoms. The highest BCUT2D eigenvalue weighted by Gasteiger charge is 2.11. The standard InChI is InChI=1S/C16H18Cl2N2/c1-10(2)16(19)12-5-6-20-13(9-12)7-11-3-4-14(17)15(18)8-11/h3-6,8-10,16H,7,19H2,1-2H3. The van der Waals surface area contributed by atoms with Crippen LogP contribution in [0.4, 0.5) is 0 Å². The van der Waals surface area contributed by atoms with Crippen LogP contribution < -0.4 is 5.73 Å². The van der Waals surface area contributed by atoms with Crippen LogP contribution in [0.2, 0.25) is 10.0 Å². The molecule has 0 aliphatic rings. The summed E-state index contributed by atoms with van der Waals surface area (Å²) in [7, 11) is 0. The summed E-state index contributed by atoms with van der Waals surface area (Å²) in [5, 5.41) is 1.14. The van der Waals surface area contributed by atoms with Crippen molar-refractivity contribution in [3.63, 3.8) is 0 Å². The van der Waals surface area contributed by atoms with Crippen LogP contribution in [0, 0.1) is 5.92 Å². The van der Waals surface area contributed by atoms with Crippen molar-refractivity contribution in [1.29, 1.82) is 0 Å². The summed E-state index contributed by atoms with van der Waals surface area (Å²) in [6, 6.07) is 9.72. The van der Waals surface area contributed by atoms with Crippen LogP contribution in [0.5, 0.6) is 0 Å². The van der Waals surface area contributed by atoms with E-state index < -0.39 is 0 Å². The number of hydrogen-bond acceptors (Lipinski definition) is 2. The SMILES string of the molecule is CC(C)C(N)c1ccnc(Cc2ccc(Cl)c(Cl)c2)c1. The van der Waals surface area contributed by atoms with E-state index in [1.807, 2.05) is 30.5 Å². The maximum Gasteiger partial charge on any atom is 0.0595 e. The number of benzene rings is 1. The maximum atomic E-state index is 6.18. The molecular weight excluding hydrogens is 291 g/mol. The second-order valence-electron chi connectivity index (χ2n) is 5.28. The third-order valence-electron chi connectivity index (χ3n) is 3.31. The summed E-state index contributed by atoms with van der Waals surface area (Å²) in [5.41, 5.74) is 9.36. The molecule has 2 N–H and O–H groups in total. The number of pyridine rings is 1. The second-order valence-corrected chi connectivity index (χ2v) is 6.09. The topological polar surface area (TPSA) is 38.9 Å². The molecule has 0 bridgehead atoms. The van der Waals surface area contributed by atoms with Crippen molar-refractivity contribution < 1.29 is 0 Å². The van der Waals surface area contributed by atoms with Crippen molar-refractivity contribution in [2.24, 2.45) is 11.7 Å². The second kappa shape index (κ2) is 6.57. The molecule has 0 saturated heterocycles. The molecule has 1 unspecified atom stereocenters. The largest absolute Gasteiger partial charge is 0.324 e. The number of rotatable bonds is 4. The highest BCUT2D eigenvalue weighted by molar-refractivity contribution is 6.42. The molecule has 2 aromatic rings. The molecular formula is C16H18Cl2N2. The third kappa shape index (κ3) is 3.72. The minimum absolute atomic E-state index is 0.0329. The quantitative estimate of drug-likeness (QED) is 0.894. The van der Waals surface area contributed by atoms with Crippen LogP contribution in [0.25, 0.3) is 0 Å². The molecule has 0 spiro atoms. The lowest BCUT2D eigenvalue weighted by Gasteiger charge is -2.16. The van der Waals surface area contributed by atoms with E-state index in [0.29, 0.717) is 16.0 Å². The normalized spacial score (nSPS) is 12.7. The van der Waals surface area contributed by atoms with Gasteiger partial charge in [-0.15, -0.1) is 0 Å². The first kappa shape index (κ1) is 15.3. The van der Waals surface area contributed by atoms with Gasteiger partial charge in [-0.1, -0.05) is 43.1 Å². The number of hydrogen-bond donors (Lipinski definition) is 1. The highest BCUT2D eigenvalue weighted by Crippen LogP contribution is 2.24. The smallest absolute Gasteiger partial charge is 0.0595 e. The molecule has 2 nitrogen and oxygen atoms in total. The summed E-state index contributed by atoms with van der Waals surface area (Å²) < 4.78 is 0. The van der Waals surface area contributed by atoms with Gasteiger partial charge in [0.2, 0.25) is 0 Å². The fraction of sp³-hybridized carbons (Fsp3) is 0.312. The lowest BCUT2D eigenvalue weighted by atomic mass is 9.96. The van der Waals surface area contributed by atoms with Crippen LogP contribution in [0.1, 0.15) is 36.7 Å². The Bertz CT molecular complexity index is 597. The fourth-order valence-corrected chi connectivity index (χ4v) is 2.37. The Balaban J connectivity index is 2.21. The van der Waals surface area contributed by atoms with Gasteiger partial charge in [-0.05, 0) is 41.3 Å². The summed E-state index contributed by atoms with van der Waals surface area (Å²) in [5.74, 6) is 0.398. The van der Waals surface area contributed by atoms with Gasteiger partial charge in [0.05, 0.1) is 10.0 Å². The van der Waals surface area contributed by atoms with Crippen LogP contribution in [0.3, 0.4) is 0 Å². The van der Waals surface area contributed by atoms with Crippen molar-refractivity contribution in [3.05, 3.63) is 63.4 Å². The zero-order valence-electron chi connectivity index (χ0n) is 11.6. The molecule has 1 aromatic heterocycles. The van der Waals surface area contributed by atoms with E-state index in [2.05, 4.69) is 24.9 Å². The van der Waals surface area contributed by atoms with Crippen LogP contribution in [-0.4, -0.2) is 4.98 Å². The summed E-state index contributed by atoms with van der Waals surface area (Å²) in [4.78, 5) is 4.40. The van der Waals surface area contributed by atoms with Crippen LogP contribution in [-0.2, 0) is 6.42 Å². The zero-order chi connectivity index (χ0) is 14.7. The molecule has 106 valence electrons. The van der Waals surface area contributed by atoms with Gasteiger partial charge < -0.3 is 5.73 Å². The summed E-state index contributed by atoms with van der Waals surface area (Å²) in [6.45, 7) is 4.23. The Hall–Kier alpha value is -1.09. The van der Waals surface area contributed by atoms with Gasteiger partial charge in [-0.2, -0.15) is 0 Å². The maximum absolute atomic E-state index is 6.18. The number of halogens is 2. The third-order valence-corrected chi connectivity index (χ3v) is 4.05. The predicted molar refractivity (Wildman–Crippen MR) is 85.3 cm³/mol. The first-order valence-electron chi connectivity index (χ1n) is 6.61. The first-order chi connectivity index (χ1) is 9.47. The van der Waals surface area contributed by atoms with Crippen molar-refractivity contribution in [3.8, 4) is 0 Å². The van der Waals surface area contributed by atoms with E-state index >= 15 is 0 Å². The molecule has 0 fully saturated rings. The van der Waals surface area contributed by atoms with E-state index in [0.717, 1.165) is 23.2 Å². The van der Waals surface area contributed by atoms with E-state index in [1.165, 1.54) is 0 Å². The van der Waals surface area contributed by atoms with Gasteiger partial charge in [0.15, 0.2) is 0 Å². The van der Waals surface area contributed by atoms with Gasteiger partial charge in [0.25, 0.3) is 0 Å². The molecule has 0 aliphatic carbocycles. The van der Waals surface area contributed by atoms with E-state index in [9.17, 15) is 0 Å². The molecule has 0 aliphatic heterocycles. The van der Waals surface area contributed by atoms with E-state index in [-0.39, 0.29) is 6.04 Å². The minimum atomic E-state index is 0.0329. The molecule has 4 heteroatoms. The molecule has 1 atom stereocenters. The Labute approximate surface area is 129 Å². The fourth-order valence-electron chi connectivity index (χ4n) is 2.04. The Kier molecular flexibility index (Phi) is 5.03. The van der Waals surface area contributed by atoms with Gasteiger partial charge in [0, 0.05) is 24.4 Å². The number of nitrogens with two attached hydrogens (primary N) is 1. The lowest BCUT2D eigenvalue weighted by molar-refractivity contribution is 0.513. The van der Waals surface area contributed by atoms with Crippen molar-refractivity contribution in [1.82, 2.24) is 4.98 Å². The van der Waals surface area contributed by atoms with Crippen LogP contribution >= 0.6 is 23.2 Å². The van der Waals surface area contributed by atoms with Gasteiger partial charge >= 0.3 is 0 Å². The van der Waals surface area contributed by atoms with Crippen molar-refractivity contribution >= 4 is 23.2 Å². The molecule has 0 saturated carbocycles. The van der Waals surface area contributed by atoms with E-state index in [4.69, 9.17) is 28.9 Å². The molecule has 2 rings (SSSR count). The van der Waals surface area contributed by atoms with Gasteiger partial charge in [-0.3, -0.25) is 4.98 Å². The van der Waals surface area contributed by atoms with Gasteiger partial charge in [0.1, 0.15) is 0 Å². The van der Waals surface area contributed by atoms with E-state index in [1.54, 1.807) is 0 Å². The minimum Gasteiger partial charge on any atom is -0.324 e. The average molecular weight is 309 g/mol. The molecule has 1 heterocycles. The summed E-state index contributed by atoms with van der Waals surface area (Å²) >= 11 is 12.0. The van der Waals surface area contributed by atoms with Crippen molar-refractivity contribution in [2.45, 2.75) is 26.3 Å². The van der Waals surface area contributed by atoms with Crippen molar-refractivity contribution in [2.75, 3.05) is 0 Å². The molecule has 1 aromatic carbocycles. The first-order valence-corrected chi connectivity index (χ1v) is 7.37. The molecule has 0 amide bonds. The lowest BCUT2D eigenvalue weighted by Crippen LogP contribution is -2.17.